The summed E-state index contributed by atoms with van der Waals surface area (Å²) < 4.78 is 28.1. The SMILES string of the molecule is CCCNS(=O)(=O)Nc1ccccc1C#CCO. The third-order valence-electron chi connectivity index (χ3n) is 2.02. The van der Waals surface area contributed by atoms with Crippen LogP contribution in [0.15, 0.2) is 24.3 Å². The topological polar surface area (TPSA) is 78.4 Å². The van der Waals surface area contributed by atoms with Gasteiger partial charge in [-0.3, -0.25) is 4.72 Å². The Balaban J connectivity index is 2.90. The molecular weight excluding hydrogens is 252 g/mol. The van der Waals surface area contributed by atoms with Gasteiger partial charge in [0.1, 0.15) is 6.61 Å². The highest BCUT2D eigenvalue weighted by Crippen LogP contribution is 2.14. The molecule has 1 aromatic carbocycles. The van der Waals surface area contributed by atoms with Crippen LogP contribution in [0.2, 0.25) is 0 Å². The molecule has 0 saturated carbocycles. The maximum Gasteiger partial charge on any atom is 0.299 e. The lowest BCUT2D eigenvalue weighted by atomic mass is 10.2. The van der Waals surface area contributed by atoms with Crippen LogP contribution in [0, 0.1) is 11.8 Å². The Morgan fingerprint density at radius 3 is 2.72 bits per heavy atom. The maximum atomic E-state index is 11.7. The Morgan fingerprint density at radius 2 is 2.06 bits per heavy atom. The zero-order chi connectivity index (χ0) is 13.4. The van der Waals surface area contributed by atoms with E-state index in [1.165, 1.54) is 0 Å². The van der Waals surface area contributed by atoms with Crippen LogP contribution in [-0.4, -0.2) is 26.7 Å². The van der Waals surface area contributed by atoms with E-state index in [0.29, 0.717) is 24.2 Å². The number of aliphatic hydroxyl groups is 1. The van der Waals surface area contributed by atoms with Crippen LogP contribution in [-0.2, 0) is 10.2 Å². The molecule has 0 unspecified atom stereocenters. The molecule has 1 rings (SSSR count). The number of rotatable bonds is 5. The fraction of sp³-hybridized carbons (Fsp3) is 0.333. The molecule has 0 amide bonds. The van der Waals surface area contributed by atoms with Crippen LogP contribution in [0.5, 0.6) is 0 Å². The number of anilines is 1. The Hall–Kier alpha value is -1.55. The summed E-state index contributed by atoms with van der Waals surface area (Å²) in [6, 6.07) is 6.76. The molecule has 0 saturated heterocycles. The summed E-state index contributed by atoms with van der Waals surface area (Å²) >= 11 is 0. The minimum absolute atomic E-state index is 0.269. The second-order valence-corrected chi connectivity index (χ2v) is 5.00. The molecular formula is C12H16N2O3S. The third-order valence-corrected chi connectivity index (χ3v) is 3.09. The zero-order valence-corrected chi connectivity index (χ0v) is 10.9. The average Bonchev–Trinajstić information content (AvgIpc) is 2.35. The van der Waals surface area contributed by atoms with E-state index in [9.17, 15) is 8.42 Å². The molecule has 0 radical (unpaired) electrons. The summed E-state index contributed by atoms with van der Waals surface area (Å²) in [6.45, 7) is 1.98. The number of aliphatic hydroxyl groups excluding tert-OH is 1. The number of nitrogens with one attached hydrogen (secondary N) is 2. The van der Waals surface area contributed by atoms with Crippen molar-refractivity contribution in [3.63, 3.8) is 0 Å². The van der Waals surface area contributed by atoms with E-state index in [-0.39, 0.29) is 6.61 Å². The van der Waals surface area contributed by atoms with Crippen molar-refractivity contribution in [3.05, 3.63) is 29.8 Å². The van der Waals surface area contributed by atoms with Gasteiger partial charge in [0, 0.05) is 12.1 Å². The predicted molar refractivity (Wildman–Crippen MR) is 71.2 cm³/mol. The number of benzene rings is 1. The van der Waals surface area contributed by atoms with Crippen LogP contribution in [0.25, 0.3) is 0 Å². The van der Waals surface area contributed by atoms with Gasteiger partial charge in [-0.15, -0.1) is 0 Å². The Morgan fingerprint density at radius 1 is 1.33 bits per heavy atom. The van der Waals surface area contributed by atoms with Crippen molar-refractivity contribution in [1.29, 1.82) is 0 Å². The first kappa shape index (κ1) is 14.5. The van der Waals surface area contributed by atoms with Gasteiger partial charge in [-0.1, -0.05) is 30.9 Å². The van der Waals surface area contributed by atoms with Crippen molar-refractivity contribution in [3.8, 4) is 11.8 Å². The summed E-state index contributed by atoms with van der Waals surface area (Å²) in [5.41, 5.74) is 0.912. The minimum atomic E-state index is -3.57. The van der Waals surface area contributed by atoms with E-state index in [0.717, 1.165) is 0 Å². The molecule has 98 valence electrons. The van der Waals surface area contributed by atoms with E-state index in [2.05, 4.69) is 21.3 Å². The molecule has 0 spiro atoms. The minimum Gasteiger partial charge on any atom is -0.384 e. The zero-order valence-electron chi connectivity index (χ0n) is 10.1. The van der Waals surface area contributed by atoms with Crippen LogP contribution in [0.1, 0.15) is 18.9 Å². The molecule has 0 aliphatic carbocycles. The predicted octanol–water partition coefficient (Wildman–Crippen LogP) is 0.687. The Bertz CT molecular complexity index is 544. The monoisotopic (exact) mass is 268 g/mol. The van der Waals surface area contributed by atoms with Crippen LogP contribution < -0.4 is 9.44 Å². The lowest BCUT2D eigenvalue weighted by Gasteiger charge is -2.10. The van der Waals surface area contributed by atoms with E-state index in [4.69, 9.17) is 5.11 Å². The second kappa shape index (κ2) is 7.01. The normalized spacial score (nSPS) is 10.6. The molecule has 0 fully saturated rings. The molecule has 0 aliphatic rings. The molecule has 0 bridgehead atoms. The summed E-state index contributed by atoms with van der Waals surface area (Å²) in [5, 5.41) is 8.64. The highest BCUT2D eigenvalue weighted by Gasteiger charge is 2.10. The van der Waals surface area contributed by atoms with E-state index >= 15 is 0 Å². The first-order valence-corrected chi connectivity index (χ1v) is 7.03. The van der Waals surface area contributed by atoms with Crippen LogP contribution in [0.4, 0.5) is 5.69 Å². The van der Waals surface area contributed by atoms with Gasteiger partial charge >= 0.3 is 0 Å². The van der Waals surface area contributed by atoms with Crippen molar-refractivity contribution in [1.82, 2.24) is 4.72 Å². The van der Waals surface area contributed by atoms with Gasteiger partial charge in [0.2, 0.25) is 0 Å². The molecule has 1 aromatic rings. The van der Waals surface area contributed by atoms with Crippen LogP contribution in [0.3, 0.4) is 0 Å². The fourth-order valence-corrected chi connectivity index (χ4v) is 2.25. The Labute approximate surface area is 107 Å². The summed E-state index contributed by atoms with van der Waals surface area (Å²) in [7, 11) is -3.57. The average molecular weight is 268 g/mol. The number of hydrogen-bond donors (Lipinski definition) is 3. The molecule has 5 nitrogen and oxygen atoms in total. The van der Waals surface area contributed by atoms with Gasteiger partial charge in [0.05, 0.1) is 5.69 Å². The van der Waals surface area contributed by atoms with Gasteiger partial charge in [-0.25, -0.2) is 0 Å². The van der Waals surface area contributed by atoms with Gasteiger partial charge < -0.3 is 5.11 Å². The molecule has 0 aromatic heterocycles. The lowest BCUT2D eigenvalue weighted by molar-refractivity contribution is 0.350. The standard InChI is InChI=1S/C12H16N2O3S/c1-2-9-13-18(16,17)14-12-8-4-3-6-11(12)7-5-10-15/h3-4,6,8,13-15H,2,9-10H2,1H3. The van der Waals surface area contributed by atoms with Gasteiger partial charge in [-0.05, 0) is 18.6 Å². The van der Waals surface area contributed by atoms with Crippen molar-refractivity contribution < 1.29 is 13.5 Å². The van der Waals surface area contributed by atoms with Crippen molar-refractivity contribution in [2.24, 2.45) is 0 Å². The second-order valence-electron chi connectivity index (χ2n) is 3.51. The molecule has 6 heteroatoms. The Kier molecular flexibility index (Phi) is 5.65. The molecule has 0 atom stereocenters. The molecule has 18 heavy (non-hydrogen) atoms. The first-order chi connectivity index (χ1) is 8.59. The fourth-order valence-electron chi connectivity index (χ4n) is 1.23. The van der Waals surface area contributed by atoms with Gasteiger partial charge in [0.25, 0.3) is 10.2 Å². The maximum absolute atomic E-state index is 11.7. The summed E-state index contributed by atoms with van der Waals surface area (Å²) in [5.74, 6) is 5.17. The van der Waals surface area contributed by atoms with E-state index in [1.807, 2.05) is 6.92 Å². The molecule has 3 N–H and O–H groups in total. The number of hydrogen-bond acceptors (Lipinski definition) is 3. The van der Waals surface area contributed by atoms with Crippen molar-refractivity contribution in [2.75, 3.05) is 17.9 Å². The number of para-hydroxylation sites is 1. The van der Waals surface area contributed by atoms with E-state index in [1.54, 1.807) is 24.3 Å². The van der Waals surface area contributed by atoms with Crippen LogP contribution >= 0.6 is 0 Å². The third kappa shape index (κ3) is 4.75. The first-order valence-electron chi connectivity index (χ1n) is 5.55. The molecule has 0 aliphatic heterocycles. The molecule has 0 heterocycles. The summed E-state index contributed by atoms with van der Waals surface area (Å²) in [6.07, 6.45) is 0.715. The summed E-state index contributed by atoms with van der Waals surface area (Å²) in [4.78, 5) is 0. The largest absolute Gasteiger partial charge is 0.384 e. The van der Waals surface area contributed by atoms with Crippen molar-refractivity contribution >= 4 is 15.9 Å². The quantitative estimate of drug-likeness (QED) is 0.687. The van der Waals surface area contributed by atoms with E-state index < -0.39 is 10.2 Å². The van der Waals surface area contributed by atoms with Gasteiger partial charge in [-0.2, -0.15) is 13.1 Å². The smallest absolute Gasteiger partial charge is 0.299 e. The van der Waals surface area contributed by atoms with Gasteiger partial charge in [0.15, 0.2) is 0 Å². The highest BCUT2D eigenvalue weighted by molar-refractivity contribution is 7.90. The highest BCUT2D eigenvalue weighted by atomic mass is 32.2. The van der Waals surface area contributed by atoms with Crippen molar-refractivity contribution in [2.45, 2.75) is 13.3 Å². The lowest BCUT2D eigenvalue weighted by Crippen LogP contribution is -2.30.